The van der Waals surface area contributed by atoms with Crippen LogP contribution in [0.15, 0.2) is 117 Å². The van der Waals surface area contributed by atoms with E-state index in [0.29, 0.717) is 22.5 Å². The molecule has 4 aromatic carbocycles. The lowest BCUT2D eigenvalue weighted by Gasteiger charge is -2.36. The van der Waals surface area contributed by atoms with Gasteiger partial charge in [-0.3, -0.25) is 4.72 Å². The Morgan fingerprint density at radius 3 is 1.58 bits per heavy atom. The summed E-state index contributed by atoms with van der Waals surface area (Å²) >= 11 is 0. The highest BCUT2D eigenvalue weighted by atomic mass is 32.2. The van der Waals surface area contributed by atoms with Crippen molar-refractivity contribution in [2.45, 2.75) is 94.8 Å². The third-order valence-electron chi connectivity index (χ3n) is 8.89. The van der Waals surface area contributed by atoms with Crippen molar-refractivity contribution in [3.05, 3.63) is 136 Å². The first kappa shape index (κ1) is 35.3. The average Bonchev–Trinajstić information content (AvgIpc) is 3.06. The highest BCUT2D eigenvalue weighted by Crippen LogP contribution is 2.45. The summed E-state index contributed by atoms with van der Waals surface area (Å²) in [5, 5.41) is 0. The molecule has 0 spiro atoms. The molecular weight excluding hydrogens is 637 g/mol. The summed E-state index contributed by atoms with van der Waals surface area (Å²) in [7, 11) is -8.11. The van der Waals surface area contributed by atoms with E-state index in [9.17, 15) is 16.8 Å². The predicted octanol–water partition coefficient (Wildman–Crippen LogP) is 9.09. The van der Waals surface area contributed by atoms with Crippen molar-refractivity contribution in [1.29, 1.82) is 0 Å². The maximum atomic E-state index is 13.8. The van der Waals surface area contributed by atoms with Gasteiger partial charge in [0.2, 0.25) is 0 Å². The SMILES string of the molecule is CCCCCc1ccc(C2=C(NS(=O)(=O)c3ccc(C)cc3)C(c3ccc(CCCCC)cc3)/C2=N\S(=O)(=O)c2ccc(C)cc2)cc1. The number of benzene rings is 4. The normalized spacial score (nSPS) is 15.8. The molecule has 0 bridgehead atoms. The number of nitrogens with zero attached hydrogens (tertiary/aromatic N) is 1. The summed E-state index contributed by atoms with van der Waals surface area (Å²) < 4.78 is 62.6. The van der Waals surface area contributed by atoms with Gasteiger partial charge in [0.05, 0.1) is 21.4 Å². The van der Waals surface area contributed by atoms with E-state index >= 15 is 0 Å². The van der Waals surface area contributed by atoms with Gasteiger partial charge in [-0.15, -0.1) is 0 Å². The second-order valence-corrected chi connectivity index (χ2v) is 16.0. The van der Waals surface area contributed by atoms with E-state index in [1.54, 1.807) is 48.5 Å². The van der Waals surface area contributed by atoms with E-state index < -0.39 is 26.0 Å². The molecule has 0 heterocycles. The fourth-order valence-electron chi connectivity index (χ4n) is 6.01. The Morgan fingerprint density at radius 2 is 1.08 bits per heavy atom. The molecule has 0 saturated heterocycles. The smallest absolute Gasteiger partial charge is 0.282 e. The van der Waals surface area contributed by atoms with Gasteiger partial charge in [0.25, 0.3) is 20.0 Å². The highest BCUT2D eigenvalue weighted by Gasteiger charge is 2.42. The van der Waals surface area contributed by atoms with E-state index in [2.05, 4.69) is 23.0 Å². The van der Waals surface area contributed by atoms with Gasteiger partial charge in [0.1, 0.15) is 0 Å². The minimum absolute atomic E-state index is 0.0879. The zero-order chi connectivity index (χ0) is 34.3. The molecule has 1 unspecified atom stereocenters. The van der Waals surface area contributed by atoms with Crippen molar-refractivity contribution in [3.63, 3.8) is 0 Å². The number of hydrogen-bond acceptors (Lipinski definition) is 4. The van der Waals surface area contributed by atoms with Gasteiger partial charge in [0.15, 0.2) is 0 Å². The van der Waals surface area contributed by atoms with E-state index in [0.717, 1.165) is 68.1 Å². The lowest BCUT2D eigenvalue weighted by atomic mass is 9.73. The standard InChI is InChI=1S/C40H46N2O4S2/c1-5-7-9-11-31-17-21-33(22-18-31)37-39(41-47(43,44)35-25-13-29(3)14-26-35)38(34-23-19-32(20-24-34)12-10-8-6-2)40(37)42-48(45,46)36-27-15-30(4)16-28-36/h13-28,37,41H,5-12H2,1-4H3/b42-40+. The minimum Gasteiger partial charge on any atom is -0.282 e. The lowest BCUT2D eigenvalue weighted by molar-refractivity contribution is 0.586. The van der Waals surface area contributed by atoms with Crippen LogP contribution in [0.25, 0.3) is 5.57 Å². The van der Waals surface area contributed by atoms with Crippen LogP contribution in [0.1, 0.15) is 91.7 Å². The molecule has 0 radical (unpaired) electrons. The van der Waals surface area contributed by atoms with Crippen LogP contribution in [-0.2, 0) is 32.9 Å². The molecule has 0 aliphatic heterocycles. The van der Waals surface area contributed by atoms with Crippen molar-refractivity contribution in [2.24, 2.45) is 4.40 Å². The average molecular weight is 683 g/mol. The van der Waals surface area contributed by atoms with Crippen molar-refractivity contribution < 1.29 is 16.8 Å². The van der Waals surface area contributed by atoms with Crippen LogP contribution in [0.2, 0.25) is 0 Å². The summed E-state index contributed by atoms with van der Waals surface area (Å²) in [5.41, 5.74) is 6.93. The molecule has 1 aliphatic rings. The maximum Gasteiger partial charge on any atom is 0.282 e. The van der Waals surface area contributed by atoms with Crippen LogP contribution < -0.4 is 4.72 Å². The van der Waals surface area contributed by atoms with Crippen LogP contribution in [0, 0.1) is 13.8 Å². The van der Waals surface area contributed by atoms with Gasteiger partial charge in [-0.1, -0.05) is 123 Å². The molecule has 4 aromatic rings. The maximum absolute atomic E-state index is 13.8. The lowest BCUT2D eigenvalue weighted by Crippen LogP contribution is -2.39. The molecule has 5 rings (SSSR count). The third kappa shape index (κ3) is 8.34. The van der Waals surface area contributed by atoms with Gasteiger partial charge in [-0.05, 0) is 86.1 Å². The molecule has 1 N–H and O–H groups in total. The van der Waals surface area contributed by atoms with Crippen LogP contribution in [0.4, 0.5) is 0 Å². The third-order valence-corrected chi connectivity index (χ3v) is 11.6. The second-order valence-electron chi connectivity index (χ2n) is 12.8. The summed E-state index contributed by atoms with van der Waals surface area (Å²) in [6.45, 7) is 8.15. The Kier molecular flexibility index (Phi) is 11.4. The Labute approximate surface area is 287 Å². The number of rotatable bonds is 15. The zero-order valence-corrected chi connectivity index (χ0v) is 30.0. The second kappa shape index (κ2) is 15.5. The number of aryl methyl sites for hydroxylation is 4. The Balaban J connectivity index is 1.66. The Morgan fingerprint density at radius 1 is 0.604 bits per heavy atom. The fraction of sp³-hybridized carbons (Fsp3) is 0.325. The number of sulfonamides is 2. The van der Waals surface area contributed by atoms with E-state index in [-0.39, 0.29) is 9.79 Å². The van der Waals surface area contributed by atoms with Crippen molar-refractivity contribution in [3.8, 4) is 0 Å². The summed E-state index contributed by atoms with van der Waals surface area (Å²) in [6, 6.07) is 29.3. The molecule has 1 aliphatic carbocycles. The highest BCUT2D eigenvalue weighted by molar-refractivity contribution is 7.90. The minimum atomic E-state index is -4.11. The van der Waals surface area contributed by atoms with Crippen molar-refractivity contribution in [1.82, 2.24) is 4.72 Å². The first-order valence-corrected chi connectivity index (χ1v) is 19.9. The molecule has 0 aromatic heterocycles. The van der Waals surface area contributed by atoms with Gasteiger partial charge < -0.3 is 0 Å². The van der Waals surface area contributed by atoms with Gasteiger partial charge in [-0.25, -0.2) is 8.42 Å². The molecule has 252 valence electrons. The van der Waals surface area contributed by atoms with Crippen LogP contribution in [-0.4, -0.2) is 22.5 Å². The summed E-state index contributed by atoms with van der Waals surface area (Å²) in [4.78, 5) is 0.221. The van der Waals surface area contributed by atoms with Gasteiger partial charge in [0, 0.05) is 11.3 Å². The molecule has 48 heavy (non-hydrogen) atoms. The van der Waals surface area contributed by atoms with E-state index in [1.165, 1.54) is 11.1 Å². The monoisotopic (exact) mass is 682 g/mol. The predicted molar refractivity (Wildman–Crippen MR) is 196 cm³/mol. The summed E-state index contributed by atoms with van der Waals surface area (Å²) in [6.07, 6.45) is 8.60. The number of allylic oxidation sites excluding steroid dienone is 2. The van der Waals surface area contributed by atoms with Gasteiger partial charge in [-0.2, -0.15) is 12.8 Å². The molecule has 0 fully saturated rings. The molecule has 1 atom stereocenters. The fourth-order valence-corrected chi connectivity index (χ4v) is 8.17. The Hall–Kier alpha value is -4.01. The van der Waals surface area contributed by atoms with Crippen LogP contribution in [0.5, 0.6) is 0 Å². The largest absolute Gasteiger partial charge is 0.282 e. The molecule has 8 heteroatoms. The number of nitrogens with one attached hydrogen (secondary N) is 1. The van der Waals surface area contributed by atoms with Crippen molar-refractivity contribution >= 4 is 31.3 Å². The van der Waals surface area contributed by atoms with Crippen LogP contribution in [0.3, 0.4) is 0 Å². The van der Waals surface area contributed by atoms with Crippen LogP contribution >= 0.6 is 0 Å². The number of unbranched alkanes of at least 4 members (excludes halogenated alkanes) is 4. The number of hydrogen-bond donors (Lipinski definition) is 1. The van der Waals surface area contributed by atoms with Gasteiger partial charge >= 0.3 is 0 Å². The first-order valence-electron chi connectivity index (χ1n) is 17.0. The zero-order valence-electron chi connectivity index (χ0n) is 28.4. The molecule has 6 nitrogen and oxygen atoms in total. The van der Waals surface area contributed by atoms with E-state index in [1.807, 2.05) is 62.4 Å². The summed E-state index contributed by atoms with van der Waals surface area (Å²) in [5.74, 6) is -0.700. The molecule has 0 amide bonds. The quantitative estimate of drug-likeness (QED) is 0.127. The Bertz CT molecular complexity index is 1980. The first-order chi connectivity index (χ1) is 23.0. The van der Waals surface area contributed by atoms with E-state index in [4.69, 9.17) is 0 Å². The van der Waals surface area contributed by atoms with Crippen molar-refractivity contribution in [2.75, 3.05) is 0 Å². The molecule has 0 saturated carbocycles. The topological polar surface area (TPSA) is 92.7 Å². The molecular formula is C40H46N2O4S2.